The van der Waals surface area contributed by atoms with Crippen molar-refractivity contribution in [3.63, 3.8) is 0 Å². The molecule has 0 heterocycles. The van der Waals surface area contributed by atoms with E-state index in [1.54, 1.807) is 48.5 Å². The molecule has 0 bridgehead atoms. The normalized spacial score (nSPS) is 10.3. The molecular formula is C30H22NaO12S2Ti-. The molecule has 0 aliphatic rings. The van der Waals surface area contributed by atoms with Crippen molar-refractivity contribution in [2.75, 3.05) is 0 Å². The Kier molecular flexibility index (Phi) is 17.4. The van der Waals surface area contributed by atoms with Gasteiger partial charge in [0.15, 0.2) is 0 Å². The standard InChI is InChI=1S/C10H8O8S2.2C10H9O2.Na.Ti/c11-8-3-6(19(13,14)15)1-5-2-7(20(16,17)18)4-9(12)10(5)8;2*1-8(11)7-10(12)9-5-3-2-4-6-9;;/h1-4,11-12H,(H,13,14,15)(H,16,17,18);2*2-7H,1H3;;/q;2*-1;+1;+4/p-4. The summed E-state index contributed by atoms with van der Waals surface area (Å²) in [7, 11) is -9.92. The Bertz CT molecular complexity index is 1780. The van der Waals surface area contributed by atoms with Gasteiger partial charge < -0.3 is 38.5 Å². The maximum absolute atomic E-state index is 11.6. The molecule has 232 valence electrons. The number of hydrogen-bond donors (Lipinski definition) is 0. The molecule has 16 heteroatoms. The molecule has 4 aromatic carbocycles. The molecule has 0 spiro atoms. The molecular weight excluding hydrogens is 687 g/mol. The van der Waals surface area contributed by atoms with Gasteiger partial charge in [0, 0.05) is 11.6 Å². The fourth-order valence-corrected chi connectivity index (χ4v) is 4.46. The van der Waals surface area contributed by atoms with Gasteiger partial charge in [-0.1, -0.05) is 48.5 Å². The van der Waals surface area contributed by atoms with Gasteiger partial charge >= 0.3 is 51.3 Å². The Morgan fingerprint density at radius 1 is 0.587 bits per heavy atom. The summed E-state index contributed by atoms with van der Waals surface area (Å²) in [6.07, 6.45) is 2.19. The van der Waals surface area contributed by atoms with E-state index in [9.17, 15) is 55.3 Å². The number of fused-ring (bicyclic) bond motifs is 1. The minimum Gasteiger partial charge on any atom is -0.872 e. The van der Waals surface area contributed by atoms with Gasteiger partial charge in [0.2, 0.25) is 0 Å². The second-order valence-electron chi connectivity index (χ2n) is 8.82. The fourth-order valence-electron chi connectivity index (χ4n) is 3.41. The van der Waals surface area contributed by atoms with Crippen LogP contribution in [0, 0.1) is 12.8 Å². The van der Waals surface area contributed by atoms with E-state index in [2.05, 4.69) is 0 Å². The van der Waals surface area contributed by atoms with Crippen LogP contribution in [0.15, 0.2) is 94.7 Å². The monoisotopic (exact) mass is 709 g/mol. The number of carbonyl (C=O) groups is 4. The van der Waals surface area contributed by atoms with Crippen molar-refractivity contribution in [2.45, 2.75) is 23.6 Å². The minimum absolute atomic E-state index is 0. The van der Waals surface area contributed by atoms with Crippen LogP contribution in [0.2, 0.25) is 0 Å². The van der Waals surface area contributed by atoms with Gasteiger partial charge in [-0.2, -0.15) is 0 Å². The third-order valence-corrected chi connectivity index (χ3v) is 6.91. The van der Waals surface area contributed by atoms with Crippen molar-refractivity contribution in [2.24, 2.45) is 0 Å². The summed E-state index contributed by atoms with van der Waals surface area (Å²) in [6.45, 7) is 2.72. The molecule has 0 fully saturated rings. The summed E-state index contributed by atoms with van der Waals surface area (Å²) in [5, 5.41) is 22.3. The molecule has 0 amide bonds. The third-order valence-electron chi connectivity index (χ3n) is 5.29. The van der Waals surface area contributed by atoms with E-state index in [4.69, 9.17) is 0 Å². The Balaban J connectivity index is 0.000000681. The molecule has 0 aliphatic carbocycles. The number of carbonyl (C=O) groups excluding carboxylic acids is 4. The van der Waals surface area contributed by atoms with E-state index >= 15 is 0 Å². The summed E-state index contributed by atoms with van der Waals surface area (Å²) >= 11 is 0. The van der Waals surface area contributed by atoms with Gasteiger partial charge in [0.05, 0.1) is 21.4 Å². The maximum Gasteiger partial charge on any atom is 4.00 e. The van der Waals surface area contributed by atoms with Crippen LogP contribution < -0.4 is 39.8 Å². The summed E-state index contributed by atoms with van der Waals surface area (Å²) in [6, 6.07) is 19.7. The molecule has 0 radical (unpaired) electrons. The molecule has 0 saturated carbocycles. The summed E-state index contributed by atoms with van der Waals surface area (Å²) in [5.74, 6) is -2.99. The fraction of sp³-hybridized carbons (Fsp3) is 0.0667. The predicted molar refractivity (Wildman–Crippen MR) is 150 cm³/mol. The largest absolute Gasteiger partial charge is 4.00 e. The van der Waals surface area contributed by atoms with Crippen LogP contribution >= 0.6 is 0 Å². The van der Waals surface area contributed by atoms with E-state index in [1.165, 1.54) is 13.8 Å². The molecule has 46 heavy (non-hydrogen) atoms. The van der Waals surface area contributed by atoms with Crippen molar-refractivity contribution >= 4 is 54.1 Å². The Morgan fingerprint density at radius 3 is 1.15 bits per heavy atom. The smallest absolute Gasteiger partial charge is 0.872 e. The van der Waals surface area contributed by atoms with Crippen LogP contribution in [-0.2, 0) is 51.5 Å². The average Bonchev–Trinajstić information content (AvgIpc) is 2.92. The van der Waals surface area contributed by atoms with Crippen LogP contribution in [0.25, 0.3) is 10.8 Å². The Labute approximate surface area is 302 Å². The number of Topliss-reactive ketones (excluding diaryl/α,β-unsaturated/α-hetero) is 4. The first-order valence-electron chi connectivity index (χ1n) is 12.2. The molecule has 0 aliphatic heterocycles. The van der Waals surface area contributed by atoms with Gasteiger partial charge in [-0.15, -0.1) is 59.7 Å². The first-order valence-corrected chi connectivity index (χ1v) is 15.0. The topological polar surface area (TPSA) is 229 Å². The van der Waals surface area contributed by atoms with Crippen LogP contribution in [0.1, 0.15) is 34.6 Å². The van der Waals surface area contributed by atoms with Gasteiger partial charge in [-0.3, -0.25) is 0 Å². The molecule has 4 aromatic rings. The Morgan fingerprint density at radius 2 is 0.891 bits per heavy atom. The van der Waals surface area contributed by atoms with Gasteiger partial charge in [0.1, 0.15) is 20.2 Å². The van der Waals surface area contributed by atoms with E-state index in [1.807, 2.05) is 12.1 Å². The SMILES string of the molecule is CC(=O)[CH-]C(=O)c1ccccc1.CC(=O)[CH-]C(=O)c1ccccc1.O=S(=O)([O-])c1cc([O-])c2c([O-])cc(S(=O)(=O)[O-])cc2c1.[Na+].[Ti+4]. The van der Waals surface area contributed by atoms with Crippen molar-refractivity contribution in [3.8, 4) is 11.5 Å². The van der Waals surface area contributed by atoms with E-state index < -0.39 is 52.3 Å². The average molecular weight is 709 g/mol. The minimum atomic E-state index is -4.96. The van der Waals surface area contributed by atoms with E-state index in [0.29, 0.717) is 35.4 Å². The first kappa shape index (κ1) is 42.7. The third kappa shape index (κ3) is 13.6. The Hall–Kier alpha value is -3.31. The quantitative estimate of drug-likeness (QED) is 0.0715. The second kappa shape index (κ2) is 18.7. The van der Waals surface area contributed by atoms with Gasteiger partial charge in [-0.05, 0) is 36.8 Å². The zero-order valence-corrected chi connectivity index (χ0v) is 29.6. The van der Waals surface area contributed by atoms with Crippen LogP contribution in [0.4, 0.5) is 0 Å². The van der Waals surface area contributed by atoms with Gasteiger partial charge in [0.25, 0.3) is 0 Å². The van der Waals surface area contributed by atoms with Crippen molar-refractivity contribution < 1.29 is 107 Å². The first-order chi connectivity index (χ1) is 20.4. The van der Waals surface area contributed by atoms with Crippen molar-refractivity contribution in [1.29, 1.82) is 0 Å². The molecule has 0 N–H and O–H groups in total. The summed E-state index contributed by atoms with van der Waals surface area (Å²) in [4.78, 5) is 41.6. The zero-order chi connectivity index (χ0) is 33.2. The van der Waals surface area contributed by atoms with Crippen molar-refractivity contribution in [3.05, 3.63) is 109 Å². The predicted octanol–water partition coefficient (Wildman–Crippen LogP) is -0.878. The number of hydrogen-bond acceptors (Lipinski definition) is 12. The molecule has 0 atom stereocenters. The van der Waals surface area contributed by atoms with Crippen molar-refractivity contribution in [1.82, 2.24) is 0 Å². The summed E-state index contributed by atoms with van der Waals surface area (Å²) in [5.41, 5.74) is 1.10. The number of ketones is 4. The van der Waals surface area contributed by atoms with E-state index in [-0.39, 0.29) is 74.4 Å². The molecule has 0 saturated heterocycles. The molecule has 0 aromatic heterocycles. The van der Waals surface area contributed by atoms with Crippen LogP contribution in [-0.4, -0.2) is 49.1 Å². The summed E-state index contributed by atoms with van der Waals surface area (Å²) < 4.78 is 65.1. The second-order valence-corrected chi connectivity index (χ2v) is 11.6. The molecule has 4 rings (SSSR count). The number of rotatable bonds is 8. The molecule has 12 nitrogen and oxygen atoms in total. The maximum atomic E-state index is 11.6. The van der Waals surface area contributed by atoms with Gasteiger partial charge in [-0.25, -0.2) is 16.8 Å². The molecule has 0 unspecified atom stereocenters. The zero-order valence-electron chi connectivity index (χ0n) is 24.5. The van der Waals surface area contributed by atoms with Crippen LogP contribution in [0.5, 0.6) is 11.5 Å². The van der Waals surface area contributed by atoms with E-state index in [0.717, 1.165) is 12.8 Å². The van der Waals surface area contributed by atoms with Crippen LogP contribution in [0.3, 0.4) is 0 Å². The number of benzene rings is 4.